The van der Waals surface area contributed by atoms with E-state index in [1.54, 1.807) is 0 Å². The Balaban J connectivity index is 1.16. The van der Waals surface area contributed by atoms with Crippen molar-refractivity contribution >= 4 is 23.8 Å². The molecular formula is C61H71BN. The third-order valence-corrected chi connectivity index (χ3v) is 14.5. The first-order valence-electron chi connectivity index (χ1n) is 23.9. The minimum Gasteiger partial charge on any atom is -0.346 e. The van der Waals surface area contributed by atoms with Crippen molar-refractivity contribution < 1.29 is 0 Å². The van der Waals surface area contributed by atoms with Crippen LogP contribution in [0.4, 0.5) is 0 Å². The Morgan fingerprint density at radius 3 is 2.35 bits per heavy atom. The fraction of sp³-hybridized carbons (Fsp3) is 0.344. The molecule has 0 saturated heterocycles. The largest absolute Gasteiger partial charge is 0.346 e. The van der Waals surface area contributed by atoms with Crippen LogP contribution in [0.15, 0.2) is 180 Å². The SMILES string of the molecule is C=CCC/C=C(\C)[C@H](C=C)C/C=C(\C)N(/C(C)=C/C=C(CC)/C(C)=C/C=C\C(C)C1=CC=CCC1)C1CC=C(c2cccc3c2[B]c2c-3ccc3c2-c2ccccc2C3(C)C)CC1. The summed E-state index contributed by atoms with van der Waals surface area (Å²) in [6.45, 7) is 26.7. The van der Waals surface area contributed by atoms with E-state index in [0.29, 0.717) is 17.9 Å². The van der Waals surface area contributed by atoms with Gasteiger partial charge >= 0.3 is 0 Å². The van der Waals surface area contributed by atoms with E-state index in [4.69, 9.17) is 0 Å². The van der Waals surface area contributed by atoms with Crippen LogP contribution in [0.5, 0.6) is 0 Å². The number of nitrogens with zero attached hydrogens (tertiary/aromatic N) is 1. The third kappa shape index (κ3) is 9.77. The lowest BCUT2D eigenvalue weighted by molar-refractivity contribution is 0.294. The van der Waals surface area contributed by atoms with Crippen LogP contribution in [0.3, 0.4) is 0 Å². The van der Waals surface area contributed by atoms with Crippen molar-refractivity contribution in [2.45, 2.75) is 125 Å². The fourth-order valence-electron chi connectivity index (χ4n) is 10.6. The van der Waals surface area contributed by atoms with Gasteiger partial charge in [0.15, 0.2) is 7.28 Å². The molecule has 0 saturated carbocycles. The molecule has 3 aromatic rings. The van der Waals surface area contributed by atoms with E-state index in [1.807, 2.05) is 6.08 Å². The minimum absolute atomic E-state index is 0.00404. The zero-order chi connectivity index (χ0) is 44.7. The smallest absolute Gasteiger partial charge is 0.194 e. The van der Waals surface area contributed by atoms with Crippen molar-refractivity contribution in [2.24, 2.45) is 11.8 Å². The Morgan fingerprint density at radius 2 is 1.62 bits per heavy atom. The molecular weight excluding hydrogens is 757 g/mol. The maximum Gasteiger partial charge on any atom is 0.194 e. The fourth-order valence-corrected chi connectivity index (χ4v) is 10.6. The number of benzene rings is 3. The molecule has 0 aromatic heterocycles. The Morgan fingerprint density at radius 1 is 0.841 bits per heavy atom. The lowest BCUT2D eigenvalue weighted by Crippen LogP contribution is -2.34. The van der Waals surface area contributed by atoms with Crippen molar-refractivity contribution in [1.82, 2.24) is 4.90 Å². The van der Waals surface area contributed by atoms with Gasteiger partial charge in [-0.1, -0.05) is 177 Å². The highest BCUT2D eigenvalue weighted by Gasteiger charge is 2.39. The standard InChI is InChI=1S/C61H71BN/c1-11-14-16-23-42(4)47(12-2)34-32-45(7)63(46(8)33-35-48(13-3)43(5)24-21-25-44(6)49-26-17-15-18-27-49)51-38-36-50(37-39-51)52-29-22-30-53-54-40-41-57-58(60(54)62-59(52)53)55-28-19-20-31-56(55)61(57,9)10/h11-12,15,17,19-26,28-33,35-36,40-41,44,47,51H,1-2,13-14,16,18,27,34,37-39H2,3-10H3/b25-21-,42-23+,43-24+,45-32+,46-33+,48-35+/t44?,47-,51?/m1/s1. The van der Waals surface area contributed by atoms with E-state index in [0.717, 1.165) is 57.8 Å². The summed E-state index contributed by atoms with van der Waals surface area (Å²) >= 11 is 0. The van der Waals surface area contributed by atoms with E-state index < -0.39 is 0 Å². The van der Waals surface area contributed by atoms with Crippen LogP contribution >= 0.6 is 0 Å². The zero-order valence-corrected chi connectivity index (χ0v) is 39.7. The number of hydrogen-bond acceptors (Lipinski definition) is 1. The molecule has 4 aliphatic rings. The lowest BCUT2D eigenvalue weighted by atomic mass is 9.62. The summed E-state index contributed by atoms with van der Waals surface area (Å²) < 4.78 is 0. The molecule has 1 radical (unpaired) electrons. The van der Waals surface area contributed by atoms with Crippen LogP contribution in [0.25, 0.3) is 27.8 Å². The topological polar surface area (TPSA) is 3.24 Å². The number of unbranched alkanes of at least 4 members (excludes halogenated alkanes) is 1. The lowest BCUT2D eigenvalue weighted by Gasteiger charge is -2.37. The Bertz CT molecular complexity index is 2500. The van der Waals surface area contributed by atoms with Gasteiger partial charge in [-0.3, -0.25) is 0 Å². The highest BCUT2D eigenvalue weighted by molar-refractivity contribution is 6.75. The predicted molar refractivity (Wildman–Crippen MR) is 278 cm³/mol. The first-order chi connectivity index (χ1) is 30.5. The molecule has 3 aromatic carbocycles. The highest BCUT2D eigenvalue weighted by Crippen LogP contribution is 2.49. The van der Waals surface area contributed by atoms with Crippen LogP contribution in [0, 0.1) is 11.8 Å². The number of allylic oxidation sites excluding steroid dienone is 19. The average Bonchev–Trinajstić information content (AvgIpc) is 3.79. The summed E-state index contributed by atoms with van der Waals surface area (Å²) in [7, 11) is 2.51. The summed E-state index contributed by atoms with van der Waals surface area (Å²) in [6, 6.07) is 21.2. The second-order valence-electron chi connectivity index (χ2n) is 18.9. The summed E-state index contributed by atoms with van der Waals surface area (Å²) in [4.78, 5) is 2.64. The molecule has 2 unspecified atom stereocenters. The van der Waals surface area contributed by atoms with E-state index >= 15 is 0 Å². The number of fused-ring (bicyclic) bond motifs is 7. The molecule has 2 heteroatoms. The van der Waals surface area contributed by atoms with E-state index in [1.165, 1.54) is 89.1 Å². The molecule has 3 atom stereocenters. The second-order valence-corrected chi connectivity index (χ2v) is 18.9. The van der Waals surface area contributed by atoms with E-state index in [-0.39, 0.29) is 5.41 Å². The second kappa shape index (κ2) is 20.4. The Labute approximate surface area is 382 Å². The third-order valence-electron chi connectivity index (χ3n) is 14.5. The van der Waals surface area contributed by atoms with Gasteiger partial charge in [0.2, 0.25) is 0 Å². The van der Waals surface area contributed by atoms with Crippen LogP contribution in [-0.4, -0.2) is 18.2 Å². The first-order valence-corrected chi connectivity index (χ1v) is 23.9. The van der Waals surface area contributed by atoms with Gasteiger partial charge < -0.3 is 4.90 Å². The van der Waals surface area contributed by atoms with Gasteiger partial charge in [0.05, 0.1) is 0 Å². The van der Waals surface area contributed by atoms with Crippen molar-refractivity contribution in [1.29, 1.82) is 0 Å². The van der Waals surface area contributed by atoms with Gasteiger partial charge in [-0.05, 0) is 153 Å². The molecule has 7 rings (SSSR count). The van der Waals surface area contributed by atoms with Gasteiger partial charge in [-0.25, -0.2) is 0 Å². The van der Waals surface area contributed by atoms with Crippen molar-refractivity contribution in [3.05, 3.63) is 197 Å². The Hall–Kier alpha value is -5.34. The number of rotatable bonds is 17. The van der Waals surface area contributed by atoms with Gasteiger partial charge in [-0.2, -0.15) is 0 Å². The molecule has 1 nitrogen and oxygen atoms in total. The molecule has 0 fully saturated rings. The molecule has 0 amide bonds. The predicted octanol–water partition coefficient (Wildman–Crippen LogP) is 15.5. The van der Waals surface area contributed by atoms with Crippen LogP contribution in [0.1, 0.15) is 130 Å². The maximum absolute atomic E-state index is 4.25. The van der Waals surface area contributed by atoms with Gasteiger partial charge in [-0.15, -0.1) is 13.2 Å². The summed E-state index contributed by atoms with van der Waals surface area (Å²) in [5, 5.41) is 0. The molecule has 0 N–H and O–H groups in total. The van der Waals surface area contributed by atoms with Crippen molar-refractivity contribution in [2.75, 3.05) is 0 Å². The molecule has 1 heterocycles. The number of hydrogen-bond donors (Lipinski definition) is 0. The molecule has 1 aliphatic heterocycles. The molecule has 63 heavy (non-hydrogen) atoms. The van der Waals surface area contributed by atoms with Gasteiger partial charge in [0, 0.05) is 28.8 Å². The molecule has 0 spiro atoms. The zero-order valence-electron chi connectivity index (χ0n) is 39.7. The van der Waals surface area contributed by atoms with Crippen LogP contribution in [-0.2, 0) is 5.41 Å². The molecule has 3 aliphatic carbocycles. The summed E-state index contributed by atoms with van der Waals surface area (Å²) in [5.74, 6) is 0.774. The van der Waals surface area contributed by atoms with Crippen LogP contribution in [0.2, 0.25) is 0 Å². The first kappa shape index (κ1) is 45.7. The maximum atomic E-state index is 4.25. The quantitative estimate of drug-likeness (QED) is 0.0444. The van der Waals surface area contributed by atoms with Crippen LogP contribution < -0.4 is 10.9 Å². The van der Waals surface area contributed by atoms with Gasteiger partial charge in [0.25, 0.3) is 0 Å². The normalized spacial score (nSPS) is 19.4. The van der Waals surface area contributed by atoms with Gasteiger partial charge in [0.1, 0.15) is 0 Å². The Kier molecular flexibility index (Phi) is 14.8. The van der Waals surface area contributed by atoms with Crippen molar-refractivity contribution in [3.63, 3.8) is 0 Å². The minimum atomic E-state index is -0.00404. The van der Waals surface area contributed by atoms with E-state index in [9.17, 15) is 0 Å². The molecule has 0 bridgehead atoms. The monoisotopic (exact) mass is 829 g/mol. The van der Waals surface area contributed by atoms with E-state index in [2.05, 4.69) is 208 Å². The summed E-state index contributed by atoms with van der Waals surface area (Å²) in [6.07, 6.45) is 39.3. The van der Waals surface area contributed by atoms with Crippen molar-refractivity contribution in [3.8, 4) is 22.3 Å². The summed E-state index contributed by atoms with van der Waals surface area (Å²) in [5.41, 5.74) is 22.3. The molecule has 323 valence electrons. The average molecular weight is 829 g/mol. The highest BCUT2D eigenvalue weighted by atomic mass is 15.2.